The summed E-state index contributed by atoms with van der Waals surface area (Å²) in [5.41, 5.74) is 0. The van der Waals surface area contributed by atoms with E-state index in [4.69, 9.17) is 3.07 Å². The lowest BCUT2D eigenvalue weighted by Crippen LogP contribution is -2.29. The summed E-state index contributed by atoms with van der Waals surface area (Å²) in [5, 5.41) is 0. The van der Waals surface area contributed by atoms with E-state index < -0.39 is 0 Å². The van der Waals surface area contributed by atoms with Crippen LogP contribution in [0.4, 0.5) is 0 Å². The van der Waals surface area contributed by atoms with E-state index in [0.717, 1.165) is 19.1 Å². The first kappa shape index (κ1) is 11.7. The van der Waals surface area contributed by atoms with Crippen LogP contribution in [0, 0.1) is 5.92 Å². The van der Waals surface area contributed by atoms with Crippen molar-refractivity contribution in [3.63, 3.8) is 0 Å². The van der Waals surface area contributed by atoms with Crippen LogP contribution < -0.4 is 0 Å². The highest BCUT2D eigenvalue weighted by atomic mass is 127. The highest BCUT2D eigenvalue weighted by Gasteiger charge is 2.20. The van der Waals surface area contributed by atoms with Crippen LogP contribution in [0.2, 0.25) is 0 Å². The lowest BCUT2D eigenvalue weighted by Gasteiger charge is -2.19. The Labute approximate surface area is 95.1 Å². The first-order valence-corrected chi connectivity index (χ1v) is 5.71. The van der Waals surface area contributed by atoms with E-state index in [9.17, 15) is 0 Å². The molecule has 1 aliphatic rings. The molecule has 1 atom stereocenters. The van der Waals surface area contributed by atoms with Gasteiger partial charge in [0.2, 0.25) is 0 Å². The summed E-state index contributed by atoms with van der Waals surface area (Å²) >= 11 is 1.95. The molecule has 1 heterocycles. The van der Waals surface area contributed by atoms with E-state index in [1.807, 2.05) is 23.0 Å². The summed E-state index contributed by atoms with van der Waals surface area (Å²) in [5.74, 6) is 0.865. The van der Waals surface area contributed by atoms with Gasteiger partial charge in [-0.3, -0.25) is 0 Å². The Hall–Kier alpha value is 0.610. The van der Waals surface area contributed by atoms with Gasteiger partial charge in [0.25, 0.3) is 0 Å². The van der Waals surface area contributed by atoms with Crippen LogP contribution in [0.5, 0.6) is 0 Å². The molecule has 0 bridgehead atoms. The highest BCUT2D eigenvalue weighted by molar-refractivity contribution is 14.1. The van der Waals surface area contributed by atoms with Crippen LogP contribution in [0.15, 0.2) is 0 Å². The summed E-state index contributed by atoms with van der Waals surface area (Å²) < 4.78 is 5.02. The van der Waals surface area contributed by atoms with Gasteiger partial charge >= 0.3 is 0 Å². The summed E-state index contributed by atoms with van der Waals surface area (Å²) in [6, 6.07) is 0. The fraction of sp³-hybridized carbons (Fsp3) is 1.00. The molecule has 1 unspecified atom stereocenters. The Morgan fingerprint density at radius 1 is 1.62 bits per heavy atom. The minimum absolute atomic E-state index is 0.833. The maximum absolute atomic E-state index is 5.02. The Bertz CT molecular complexity index is 146. The molecular formula is C9H19IN2O. The van der Waals surface area contributed by atoms with Gasteiger partial charge in [0.05, 0.1) is 6.61 Å². The third-order valence-corrected chi connectivity index (χ3v) is 3.05. The van der Waals surface area contributed by atoms with Gasteiger partial charge in [-0.15, -0.1) is 0 Å². The fourth-order valence-electron chi connectivity index (χ4n) is 1.90. The van der Waals surface area contributed by atoms with Crippen molar-refractivity contribution in [3.05, 3.63) is 0 Å². The van der Waals surface area contributed by atoms with Crippen molar-refractivity contribution in [1.82, 2.24) is 9.80 Å². The van der Waals surface area contributed by atoms with E-state index in [0.29, 0.717) is 0 Å². The van der Waals surface area contributed by atoms with E-state index in [1.54, 1.807) is 0 Å². The highest BCUT2D eigenvalue weighted by Crippen LogP contribution is 2.14. The van der Waals surface area contributed by atoms with Gasteiger partial charge in [-0.05, 0) is 33.0 Å². The Kier molecular flexibility index (Phi) is 5.54. The number of rotatable bonds is 5. The van der Waals surface area contributed by atoms with Crippen molar-refractivity contribution in [1.29, 1.82) is 0 Å². The summed E-state index contributed by atoms with van der Waals surface area (Å²) in [6.07, 6.45) is 1.35. The number of likely N-dealkylation sites (N-methyl/N-ethyl adjacent to an activating group) is 1. The third-order valence-electron chi connectivity index (χ3n) is 2.61. The maximum Gasteiger partial charge on any atom is 0.109 e. The van der Waals surface area contributed by atoms with Gasteiger partial charge in [-0.2, -0.15) is 0 Å². The minimum atomic E-state index is 0.833. The molecule has 1 saturated heterocycles. The number of likely N-dealkylation sites (tertiary alicyclic amines) is 1. The predicted octanol–water partition coefficient (Wildman–Crippen LogP) is 1.24. The van der Waals surface area contributed by atoms with Gasteiger partial charge in [0.1, 0.15) is 23.0 Å². The summed E-state index contributed by atoms with van der Waals surface area (Å²) in [6.45, 7) is 5.61. The normalized spacial score (nSPS) is 24.5. The SMILES string of the molecule is CN(CCOI)CC1CCN(C)C1. The molecule has 0 aromatic rings. The van der Waals surface area contributed by atoms with Crippen molar-refractivity contribution in [3.8, 4) is 0 Å². The monoisotopic (exact) mass is 298 g/mol. The zero-order valence-electron chi connectivity index (χ0n) is 8.50. The molecule has 1 aliphatic heterocycles. The van der Waals surface area contributed by atoms with Crippen LogP contribution in [0.1, 0.15) is 6.42 Å². The maximum atomic E-state index is 5.02. The van der Waals surface area contributed by atoms with Crippen LogP contribution >= 0.6 is 23.0 Å². The standard InChI is InChI=1S/C9H19IN2O/c1-11-4-3-9(7-11)8-12(2)5-6-13-10/h9H,3-8H2,1-2H3. The van der Waals surface area contributed by atoms with Crippen molar-refractivity contribution >= 4 is 23.0 Å². The molecule has 0 aliphatic carbocycles. The molecule has 1 rings (SSSR count). The first-order chi connectivity index (χ1) is 6.22. The van der Waals surface area contributed by atoms with E-state index in [1.165, 1.54) is 26.1 Å². The molecule has 3 nitrogen and oxygen atoms in total. The van der Waals surface area contributed by atoms with Crippen LogP contribution in [-0.4, -0.2) is 56.7 Å². The number of hydrogen-bond acceptors (Lipinski definition) is 3. The van der Waals surface area contributed by atoms with Crippen LogP contribution in [-0.2, 0) is 3.07 Å². The van der Waals surface area contributed by atoms with Gasteiger partial charge in [0.15, 0.2) is 0 Å². The summed E-state index contributed by atoms with van der Waals surface area (Å²) in [7, 11) is 4.38. The van der Waals surface area contributed by atoms with Crippen molar-refractivity contribution in [2.45, 2.75) is 6.42 Å². The molecule has 0 radical (unpaired) electrons. The lowest BCUT2D eigenvalue weighted by molar-refractivity contribution is 0.242. The molecule has 13 heavy (non-hydrogen) atoms. The Morgan fingerprint density at radius 3 is 2.92 bits per heavy atom. The van der Waals surface area contributed by atoms with E-state index in [-0.39, 0.29) is 0 Å². The molecule has 0 amide bonds. The quantitative estimate of drug-likeness (QED) is 0.710. The number of hydrogen-bond donors (Lipinski definition) is 0. The van der Waals surface area contributed by atoms with Gasteiger partial charge < -0.3 is 12.9 Å². The van der Waals surface area contributed by atoms with E-state index >= 15 is 0 Å². The van der Waals surface area contributed by atoms with Gasteiger partial charge in [-0.1, -0.05) is 0 Å². The second kappa shape index (κ2) is 6.16. The van der Waals surface area contributed by atoms with Crippen molar-refractivity contribution < 1.29 is 3.07 Å². The second-order valence-electron chi connectivity index (χ2n) is 3.99. The molecule has 4 heteroatoms. The van der Waals surface area contributed by atoms with E-state index in [2.05, 4.69) is 23.9 Å². The zero-order valence-corrected chi connectivity index (χ0v) is 10.7. The minimum Gasteiger partial charge on any atom is -0.314 e. The van der Waals surface area contributed by atoms with Crippen LogP contribution in [0.25, 0.3) is 0 Å². The molecule has 0 aromatic heterocycles. The van der Waals surface area contributed by atoms with Gasteiger partial charge in [-0.25, -0.2) is 0 Å². The van der Waals surface area contributed by atoms with Crippen LogP contribution in [0.3, 0.4) is 0 Å². The van der Waals surface area contributed by atoms with Crippen molar-refractivity contribution in [2.75, 3.05) is 46.9 Å². The predicted molar refractivity (Wildman–Crippen MR) is 63.1 cm³/mol. The first-order valence-electron chi connectivity index (χ1n) is 4.83. The average Bonchev–Trinajstić information content (AvgIpc) is 2.48. The fourth-order valence-corrected chi connectivity index (χ4v) is 2.09. The molecule has 0 saturated carbocycles. The van der Waals surface area contributed by atoms with Gasteiger partial charge in [0, 0.05) is 19.6 Å². The third kappa shape index (κ3) is 4.58. The Morgan fingerprint density at radius 2 is 2.38 bits per heavy atom. The van der Waals surface area contributed by atoms with Crippen molar-refractivity contribution in [2.24, 2.45) is 5.92 Å². The topological polar surface area (TPSA) is 15.7 Å². The molecule has 1 fully saturated rings. The second-order valence-corrected chi connectivity index (χ2v) is 4.62. The largest absolute Gasteiger partial charge is 0.314 e. The smallest absolute Gasteiger partial charge is 0.109 e. The number of nitrogens with zero attached hydrogens (tertiary/aromatic N) is 2. The molecule has 0 N–H and O–H groups in total. The lowest BCUT2D eigenvalue weighted by atomic mass is 10.1. The number of halogens is 1. The molecule has 0 aromatic carbocycles. The average molecular weight is 298 g/mol. The molecule has 0 spiro atoms. The molecule has 78 valence electrons. The molecular weight excluding hydrogens is 279 g/mol. The Balaban J connectivity index is 2.09. The summed E-state index contributed by atoms with van der Waals surface area (Å²) in [4.78, 5) is 4.77. The zero-order chi connectivity index (χ0) is 9.68.